The summed E-state index contributed by atoms with van der Waals surface area (Å²) >= 11 is 0. The molecule has 0 atom stereocenters. The Balaban J connectivity index is 2.10. The molecule has 1 aliphatic rings. The first-order chi connectivity index (χ1) is 8.12. The van der Waals surface area contributed by atoms with Gasteiger partial charge in [-0.05, 0) is 30.4 Å². The molecule has 3 rings (SSSR count). The highest BCUT2D eigenvalue weighted by molar-refractivity contribution is 5.87. The third kappa shape index (κ3) is 1.37. The Morgan fingerprint density at radius 2 is 2.12 bits per heavy atom. The van der Waals surface area contributed by atoms with Crippen LogP contribution in [0.3, 0.4) is 0 Å². The van der Waals surface area contributed by atoms with Crippen LogP contribution in [0, 0.1) is 0 Å². The first kappa shape index (κ1) is 10.4. The van der Waals surface area contributed by atoms with Crippen molar-refractivity contribution < 1.29 is 9.90 Å². The summed E-state index contributed by atoms with van der Waals surface area (Å²) < 4.78 is 0. The molecule has 0 bridgehead atoms. The quantitative estimate of drug-likeness (QED) is 0.733. The van der Waals surface area contributed by atoms with Gasteiger partial charge in [-0.1, -0.05) is 18.2 Å². The van der Waals surface area contributed by atoms with E-state index >= 15 is 0 Å². The average molecular weight is 230 g/mol. The lowest BCUT2D eigenvalue weighted by Gasteiger charge is -2.41. The number of H-pyrrole nitrogens is 1. The van der Waals surface area contributed by atoms with Crippen molar-refractivity contribution in [1.29, 1.82) is 0 Å². The van der Waals surface area contributed by atoms with Gasteiger partial charge in [0, 0.05) is 17.3 Å². The Hall–Kier alpha value is -1.81. The molecule has 0 amide bonds. The number of rotatable bonds is 2. The van der Waals surface area contributed by atoms with E-state index in [-0.39, 0.29) is 6.04 Å². The number of aromatic amines is 1. The second-order valence-corrected chi connectivity index (χ2v) is 4.83. The van der Waals surface area contributed by atoms with Crippen LogP contribution in [0.15, 0.2) is 30.3 Å². The van der Waals surface area contributed by atoms with Crippen molar-refractivity contribution in [2.75, 3.05) is 0 Å². The van der Waals surface area contributed by atoms with Gasteiger partial charge in [0.25, 0.3) is 0 Å². The van der Waals surface area contributed by atoms with Gasteiger partial charge < -0.3 is 15.8 Å². The summed E-state index contributed by atoms with van der Waals surface area (Å²) in [5, 5.41) is 10.4. The Morgan fingerprint density at radius 1 is 1.41 bits per heavy atom. The normalized spacial score (nSPS) is 27.9. The summed E-state index contributed by atoms with van der Waals surface area (Å²) in [5.74, 6) is -0.786. The van der Waals surface area contributed by atoms with E-state index < -0.39 is 11.4 Å². The summed E-state index contributed by atoms with van der Waals surface area (Å²) in [4.78, 5) is 14.7. The molecule has 4 heteroatoms. The zero-order valence-electron chi connectivity index (χ0n) is 9.31. The second-order valence-electron chi connectivity index (χ2n) is 4.83. The number of aliphatic carboxylic acids is 1. The number of benzene rings is 1. The van der Waals surface area contributed by atoms with Crippen LogP contribution >= 0.6 is 0 Å². The maximum atomic E-state index is 11.5. The average Bonchev–Trinajstić information content (AvgIpc) is 2.67. The molecule has 4 nitrogen and oxygen atoms in total. The maximum Gasteiger partial charge on any atom is 0.315 e. The Labute approximate surface area is 98.4 Å². The van der Waals surface area contributed by atoms with Crippen molar-refractivity contribution >= 4 is 16.9 Å². The number of nitrogens with one attached hydrogen (secondary N) is 1. The number of carboxylic acids is 1. The standard InChI is InChI=1S/C13H14N2O2/c14-9-6-13(7-9,12(16)17)11-5-8-3-1-2-4-10(8)15-11/h1-5,9,15H,6-7,14H2,(H,16,17). The highest BCUT2D eigenvalue weighted by Gasteiger charge is 2.51. The van der Waals surface area contributed by atoms with Crippen LogP contribution in [0.1, 0.15) is 18.5 Å². The van der Waals surface area contributed by atoms with Gasteiger partial charge in [-0.15, -0.1) is 0 Å². The van der Waals surface area contributed by atoms with E-state index in [1.807, 2.05) is 30.3 Å². The monoisotopic (exact) mass is 230 g/mol. The fourth-order valence-electron chi connectivity index (χ4n) is 2.68. The van der Waals surface area contributed by atoms with E-state index in [9.17, 15) is 9.90 Å². The molecule has 1 fully saturated rings. The molecule has 1 aromatic heterocycles. The van der Waals surface area contributed by atoms with Crippen LogP contribution in [0.2, 0.25) is 0 Å². The van der Waals surface area contributed by atoms with Gasteiger partial charge in [-0.2, -0.15) is 0 Å². The van der Waals surface area contributed by atoms with E-state index in [1.165, 1.54) is 0 Å². The number of hydrogen-bond donors (Lipinski definition) is 3. The van der Waals surface area contributed by atoms with Crippen molar-refractivity contribution in [2.45, 2.75) is 24.3 Å². The predicted octanol–water partition coefficient (Wildman–Crippen LogP) is 1.61. The topological polar surface area (TPSA) is 79.1 Å². The molecule has 0 saturated heterocycles. The lowest BCUT2D eigenvalue weighted by molar-refractivity contribution is -0.148. The van der Waals surface area contributed by atoms with Gasteiger partial charge in [0.1, 0.15) is 5.41 Å². The molecule has 88 valence electrons. The van der Waals surface area contributed by atoms with Gasteiger partial charge in [-0.25, -0.2) is 0 Å². The molecule has 1 aliphatic carbocycles. The molecule has 0 radical (unpaired) electrons. The highest BCUT2D eigenvalue weighted by atomic mass is 16.4. The van der Waals surface area contributed by atoms with E-state index in [0.717, 1.165) is 16.6 Å². The van der Waals surface area contributed by atoms with Crippen molar-refractivity contribution in [3.05, 3.63) is 36.0 Å². The summed E-state index contributed by atoms with van der Waals surface area (Å²) in [7, 11) is 0. The summed E-state index contributed by atoms with van der Waals surface area (Å²) in [6, 6.07) is 9.73. The molecule has 1 aromatic carbocycles. The fraction of sp³-hybridized carbons (Fsp3) is 0.308. The Bertz CT molecular complexity index is 549. The van der Waals surface area contributed by atoms with E-state index in [0.29, 0.717) is 12.8 Å². The van der Waals surface area contributed by atoms with Gasteiger partial charge in [0.05, 0.1) is 0 Å². The Kier molecular flexibility index (Phi) is 2.03. The van der Waals surface area contributed by atoms with Crippen molar-refractivity contribution in [1.82, 2.24) is 4.98 Å². The largest absolute Gasteiger partial charge is 0.481 e. The summed E-state index contributed by atoms with van der Waals surface area (Å²) in [5.41, 5.74) is 6.69. The lowest BCUT2D eigenvalue weighted by atomic mass is 9.64. The van der Waals surface area contributed by atoms with Crippen molar-refractivity contribution in [2.24, 2.45) is 5.73 Å². The SMILES string of the molecule is NC1CC(C(=O)O)(c2cc3ccccc3[nH]2)C1. The van der Waals surface area contributed by atoms with Gasteiger partial charge in [0.15, 0.2) is 0 Å². The molecule has 1 heterocycles. The number of para-hydroxylation sites is 1. The van der Waals surface area contributed by atoms with E-state index in [4.69, 9.17) is 5.73 Å². The zero-order valence-corrected chi connectivity index (χ0v) is 9.31. The first-order valence-corrected chi connectivity index (χ1v) is 5.69. The minimum absolute atomic E-state index is 0.00230. The maximum absolute atomic E-state index is 11.5. The number of carboxylic acid groups (broad SMARTS) is 1. The lowest BCUT2D eigenvalue weighted by Crippen LogP contribution is -2.54. The molecular weight excluding hydrogens is 216 g/mol. The van der Waals surface area contributed by atoms with Crippen LogP contribution in [0.25, 0.3) is 10.9 Å². The molecule has 2 aromatic rings. The Morgan fingerprint density at radius 3 is 2.71 bits per heavy atom. The number of hydrogen-bond acceptors (Lipinski definition) is 2. The number of aromatic nitrogens is 1. The van der Waals surface area contributed by atoms with Crippen molar-refractivity contribution in [3.63, 3.8) is 0 Å². The second kappa shape index (κ2) is 3.34. The van der Waals surface area contributed by atoms with Crippen LogP contribution in [-0.4, -0.2) is 22.1 Å². The minimum Gasteiger partial charge on any atom is -0.481 e. The molecular formula is C13H14N2O2. The van der Waals surface area contributed by atoms with Crippen LogP contribution in [0.4, 0.5) is 0 Å². The van der Waals surface area contributed by atoms with Gasteiger partial charge in [0.2, 0.25) is 0 Å². The number of carbonyl (C=O) groups is 1. The van der Waals surface area contributed by atoms with Gasteiger partial charge in [-0.3, -0.25) is 4.79 Å². The molecule has 17 heavy (non-hydrogen) atoms. The van der Waals surface area contributed by atoms with Crippen LogP contribution in [-0.2, 0) is 10.2 Å². The van der Waals surface area contributed by atoms with E-state index in [2.05, 4.69) is 4.98 Å². The molecule has 4 N–H and O–H groups in total. The molecule has 0 unspecified atom stereocenters. The van der Waals surface area contributed by atoms with Gasteiger partial charge >= 0.3 is 5.97 Å². The molecule has 0 spiro atoms. The third-order valence-corrected chi connectivity index (χ3v) is 3.68. The minimum atomic E-state index is -0.807. The van der Waals surface area contributed by atoms with Crippen molar-refractivity contribution in [3.8, 4) is 0 Å². The predicted molar refractivity (Wildman–Crippen MR) is 64.8 cm³/mol. The number of nitrogens with two attached hydrogens (primary N) is 1. The third-order valence-electron chi connectivity index (χ3n) is 3.68. The summed E-state index contributed by atoms with van der Waals surface area (Å²) in [6.45, 7) is 0. The fourth-order valence-corrected chi connectivity index (χ4v) is 2.68. The smallest absolute Gasteiger partial charge is 0.315 e. The molecule has 0 aliphatic heterocycles. The zero-order chi connectivity index (χ0) is 12.0. The first-order valence-electron chi connectivity index (χ1n) is 5.69. The molecule has 1 saturated carbocycles. The van der Waals surface area contributed by atoms with E-state index in [1.54, 1.807) is 0 Å². The summed E-state index contributed by atoms with van der Waals surface area (Å²) in [6.07, 6.45) is 1.02. The van der Waals surface area contributed by atoms with Crippen LogP contribution < -0.4 is 5.73 Å². The number of fused-ring (bicyclic) bond motifs is 1. The van der Waals surface area contributed by atoms with Crippen LogP contribution in [0.5, 0.6) is 0 Å². The highest BCUT2D eigenvalue weighted by Crippen LogP contribution is 2.43.